The first-order chi connectivity index (χ1) is 32.4. The van der Waals surface area contributed by atoms with Crippen LogP contribution in [0, 0.1) is 6.92 Å². The van der Waals surface area contributed by atoms with Crippen LogP contribution in [0.4, 0.5) is 11.4 Å². The van der Waals surface area contributed by atoms with Crippen molar-refractivity contribution in [2.45, 2.75) is 64.8 Å². The maximum atomic E-state index is 13.6. The number of primary amides is 1. The van der Waals surface area contributed by atoms with Gasteiger partial charge in [0.25, 0.3) is 11.8 Å². The highest BCUT2D eigenvalue weighted by Gasteiger charge is 2.39. The van der Waals surface area contributed by atoms with Crippen LogP contribution in [-0.2, 0) is 17.3 Å². The summed E-state index contributed by atoms with van der Waals surface area (Å²) in [6, 6.07) is 33.9. The number of phenolic OH excluding ortho intramolecular Hbond substituents is 1. The highest BCUT2D eigenvalue weighted by Crippen LogP contribution is 2.41. The fraction of sp³-hybridized carbons (Fsp3) is 0.296. The van der Waals surface area contributed by atoms with E-state index in [-0.39, 0.29) is 33.9 Å². The predicted molar refractivity (Wildman–Crippen MR) is 273 cm³/mol. The Hall–Kier alpha value is -7.00. The van der Waals surface area contributed by atoms with Crippen molar-refractivity contribution in [2.24, 2.45) is 5.73 Å². The Balaban J connectivity index is 0.935. The molecule has 5 aromatic carbocycles. The molecule has 0 fully saturated rings. The molecule has 0 aliphatic carbocycles. The van der Waals surface area contributed by atoms with E-state index in [1.54, 1.807) is 31.2 Å². The molecule has 0 spiro atoms. The van der Waals surface area contributed by atoms with E-state index < -0.39 is 14.2 Å². The number of ether oxygens (including phenoxy) is 2. The average Bonchev–Trinajstić information content (AvgIpc) is 3.30. The predicted octanol–water partition coefficient (Wildman–Crippen LogP) is 9.58. The maximum Gasteiger partial charge on any atom is 0.253 e. The van der Waals surface area contributed by atoms with Crippen molar-refractivity contribution in [1.82, 2.24) is 20.2 Å². The highest BCUT2D eigenvalue weighted by molar-refractivity contribution is 6.74. The number of carbonyl (C=O) groups excluding carboxylic acids is 2. The van der Waals surface area contributed by atoms with Crippen molar-refractivity contribution in [3.05, 3.63) is 165 Å². The second-order valence-electron chi connectivity index (χ2n) is 18.8. The lowest BCUT2D eigenvalue weighted by molar-refractivity contribution is 0.0773. The zero-order valence-corrected chi connectivity index (χ0v) is 41.2. The minimum atomic E-state index is -2.20. The van der Waals surface area contributed by atoms with Crippen molar-refractivity contribution in [1.29, 1.82) is 0 Å². The monoisotopic (exact) mass is 934 g/mol. The third-order valence-electron chi connectivity index (χ3n) is 12.8. The normalized spacial score (nSPS) is 12.2. The summed E-state index contributed by atoms with van der Waals surface area (Å²) >= 11 is 0. The minimum Gasteiger partial charge on any atom is -0.506 e. The van der Waals surface area contributed by atoms with Gasteiger partial charge in [0, 0.05) is 53.9 Å². The SMILES string of the molecule is COc1cccc(Nc2c(C(N)=O)cnc3c(C)cc(Cc4cccc(C(=O)N(C)CCOc5ccc(CCNC[C@H](O[Si](C)(C)C(C)(C)C)c6ccc(O)c7[nH]c(=O)ccc67)cc5)c4)cc23)c1. The molecular formula is C54H62N6O7Si. The molecule has 0 radical (unpaired) electrons. The van der Waals surface area contributed by atoms with Gasteiger partial charge in [0.1, 0.15) is 23.9 Å². The third kappa shape index (κ3) is 11.6. The number of likely N-dealkylation sites (N-methyl/N-ethyl adjacent to an activating group) is 1. The average molecular weight is 935 g/mol. The zero-order chi connectivity index (χ0) is 48.8. The van der Waals surface area contributed by atoms with E-state index in [0.717, 1.165) is 62.0 Å². The highest BCUT2D eigenvalue weighted by atomic mass is 28.4. The number of H-pyrrole nitrogens is 1. The van der Waals surface area contributed by atoms with Crippen molar-refractivity contribution in [3.8, 4) is 17.2 Å². The molecule has 14 heteroatoms. The number of methoxy groups -OCH3 is 1. The molecule has 1 atom stereocenters. The number of aromatic hydroxyl groups is 1. The van der Waals surface area contributed by atoms with Gasteiger partial charge in [0.15, 0.2) is 8.32 Å². The van der Waals surface area contributed by atoms with Gasteiger partial charge in [-0.1, -0.05) is 63.2 Å². The van der Waals surface area contributed by atoms with Crippen LogP contribution in [0.15, 0.2) is 120 Å². The molecular weight excluding hydrogens is 873 g/mol. The van der Waals surface area contributed by atoms with Gasteiger partial charge in [-0.3, -0.25) is 19.4 Å². The Morgan fingerprint density at radius 1 is 0.897 bits per heavy atom. The smallest absolute Gasteiger partial charge is 0.253 e. The van der Waals surface area contributed by atoms with Crippen molar-refractivity contribution < 1.29 is 28.6 Å². The number of nitrogens with two attached hydrogens (primary N) is 1. The van der Waals surface area contributed by atoms with E-state index >= 15 is 0 Å². The molecule has 0 aliphatic rings. The van der Waals surface area contributed by atoms with Gasteiger partial charge in [-0.15, -0.1) is 0 Å². The number of aryl methyl sites for hydroxylation is 1. The van der Waals surface area contributed by atoms with Gasteiger partial charge >= 0.3 is 0 Å². The number of pyridine rings is 2. The van der Waals surface area contributed by atoms with E-state index in [4.69, 9.17) is 19.6 Å². The number of rotatable bonds is 19. The Labute approximate surface area is 398 Å². The summed E-state index contributed by atoms with van der Waals surface area (Å²) in [7, 11) is 1.17. The first-order valence-electron chi connectivity index (χ1n) is 22.8. The van der Waals surface area contributed by atoms with Crippen LogP contribution in [0.5, 0.6) is 17.2 Å². The number of hydrogen-bond donors (Lipinski definition) is 5. The summed E-state index contributed by atoms with van der Waals surface area (Å²) in [5, 5.41) is 19.0. The Kier molecular flexibility index (Phi) is 15.0. The number of aromatic amines is 1. The Morgan fingerprint density at radius 3 is 2.40 bits per heavy atom. The number of anilines is 2. The Bertz CT molecular complexity index is 3000. The molecule has 0 unspecified atom stereocenters. The van der Waals surface area contributed by atoms with Crippen LogP contribution in [0.2, 0.25) is 18.1 Å². The lowest BCUT2D eigenvalue weighted by Crippen LogP contribution is -2.43. The lowest BCUT2D eigenvalue weighted by atomic mass is 9.97. The molecule has 354 valence electrons. The van der Waals surface area contributed by atoms with Crippen LogP contribution in [0.1, 0.15) is 75.4 Å². The standard InChI is InChI=1S/C54H62N6O7Si/c1-34-27-37(30-44-49(34)57-32-45(52(55)63)50(44)58-39-13-10-14-41(31-39)65-6)28-36-11-9-12-38(29-36)53(64)60(5)25-26-66-40-17-15-35(16-18-40)23-24-56-33-47(67-68(7,8)54(2,3)4)42-19-21-46(61)51-43(42)20-22-48(62)59-51/h9-22,27,29-32,47,56,61H,23-26,28,33H2,1-8H3,(H2,55,63)(H,57,58)(H,59,62)/t47-/m0/s1. The van der Waals surface area contributed by atoms with Gasteiger partial charge in [-0.05, 0) is 127 Å². The van der Waals surface area contributed by atoms with Gasteiger partial charge in [0.05, 0.1) is 42.0 Å². The van der Waals surface area contributed by atoms with Crippen LogP contribution in [0.25, 0.3) is 21.8 Å². The summed E-state index contributed by atoms with van der Waals surface area (Å²) in [5.74, 6) is 0.709. The van der Waals surface area contributed by atoms with E-state index in [1.165, 1.54) is 12.3 Å². The molecule has 0 aliphatic heterocycles. The number of aromatic nitrogens is 2. The summed E-state index contributed by atoms with van der Waals surface area (Å²) in [6.45, 7) is 15.0. The number of hydrogen-bond acceptors (Lipinski definition) is 10. The van der Waals surface area contributed by atoms with Crippen molar-refractivity contribution in [3.63, 3.8) is 0 Å². The van der Waals surface area contributed by atoms with Gasteiger partial charge < -0.3 is 45.3 Å². The maximum absolute atomic E-state index is 13.6. The summed E-state index contributed by atoms with van der Waals surface area (Å²) in [6.07, 6.45) is 2.54. The van der Waals surface area contributed by atoms with E-state index in [2.05, 4.69) is 60.5 Å². The first-order valence-corrected chi connectivity index (χ1v) is 25.7. The first kappa shape index (κ1) is 48.9. The number of nitrogens with one attached hydrogen (secondary N) is 3. The molecule has 2 aromatic heterocycles. The number of benzene rings is 5. The molecule has 0 saturated heterocycles. The molecule has 0 bridgehead atoms. The number of phenols is 1. The van der Waals surface area contributed by atoms with Gasteiger partial charge in [-0.2, -0.15) is 0 Å². The number of amides is 2. The summed E-state index contributed by atoms with van der Waals surface area (Å²) < 4.78 is 18.4. The zero-order valence-electron chi connectivity index (χ0n) is 40.2. The van der Waals surface area contributed by atoms with Crippen LogP contribution in [0.3, 0.4) is 0 Å². The van der Waals surface area contributed by atoms with E-state index in [9.17, 15) is 19.5 Å². The van der Waals surface area contributed by atoms with Gasteiger partial charge in [0.2, 0.25) is 5.56 Å². The number of carbonyl (C=O) groups is 2. The van der Waals surface area contributed by atoms with E-state index in [0.29, 0.717) is 55.2 Å². The molecule has 6 N–H and O–H groups in total. The molecule has 7 aromatic rings. The molecule has 0 saturated carbocycles. The fourth-order valence-electron chi connectivity index (χ4n) is 8.00. The molecule has 7 rings (SSSR count). The molecule has 13 nitrogen and oxygen atoms in total. The third-order valence-corrected chi connectivity index (χ3v) is 17.3. The number of nitrogens with zero attached hydrogens (tertiary/aromatic N) is 2. The molecule has 2 amide bonds. The second-order valence-corrected chi connectivity index (χ2v) is 23.5. The fourth-order valence-corrected chi connectivity index (χ4v) is 9.28. The number of fused-ring (bicyclic) bond motifs is 2. The second kappa shape index (κ2) is 20.9. The van der Waals surface area contributed by atoms with Crippen molar-refractivity contribution in [2.75, 3.05) is 45.7 Å². The molecule has 2 heterocycles. The van der Waals surface area contributed by atoms with Crippen LogP contribution >= 0.6 is 0 Å². The Morgan fingerprint density at radius 2 is 1.66 bits per heavy atom. The van der Waals surface area contributed by atoms with Crippen LogP contribution in [-0.4, -0.2) is 80.5 Å². The van der Waals surface area contributed by atoms with Crippen molar-refractivity contribution >= 4 is 53.3 Å². The largest absolute Gasteiger partial charge is 0.506 e. The topological polar surface area (TPSA) is 181 Å². The quantitative estimate of drug-likeness (QED) is 0.0387. The molecule has 68 heavy (non-hydrogen) atoms. The summed E-state index contributed by atoms with van der Waals surface area (Å²) in [5.41, 5.74) is 13.8. The van der Waals surface area contributed by atoms with Crippen LogP contribution < -0.4 is 31.4 Å². The van der Waals surface area contributed by atoms with E-state index in [1.807, 2.05) is 91.9 Å². The lowest BCUT2D eigenvalue weighted by Gasteiger charge is -2.39. The minimum absolute atomic E-state index is 0.0161. The van der Waals surface area contributed by atoms with Gasteiger partial charge in [-0.25, -0.2) is 0 Å². The summed E-state index contributed by atoms with van der Waals surface area (Å²) in [4.78, 5) is 47.4.